The lowest BCUT2D eigenvalue weighted by Gasteiger charge is -2.46. The highest BCUT2D eigenvalue weighted by Crippen LogP contribution is 2.44. The summed E-state index contributed by atoms with van der Waals surface area (Å²) in [5.74, 6) is -3.22. The number of rotatable bonds is 5. The second-order valence-corrected chi connectivity index (χ2v) is 10.2. The van der Waals surface area contributed by atoms with Crippen molar-refractivity contribution in [2.75, 3.05) is 0 Å². The first-order valence-electron chi connectivity index (χ1n) is 12.8. The van der Waals surface area contributed by atoms with Gasteiger partial charge in [0.15, 0.2) is 42.6 Å². The van der Waals surface area contributed by atoms with Crippen LogP contribution in [0.1, 0.15) is 28.9 Å². The number of fused-ring (bicyclic) bond motifs is 1. The third kappa shape index (κ3) is 5.33. The lowest BCUT2D eigenvalue weighted by Crippen LogP contribution is -2.64. The maximum absolute atomic E-state index is 13.6. The van der Waals surface area contributed by atoms with Crippen molar-refractivity contribution < 1.29 is 79.5 Å². The van der Waals surface area contributed by atoms with E-state index in [0.717, 1.165) is 24.3 Å². The highest BCUT2D eigenvalue weighted by atomic mass is 16.8. The number of ketones is 1. The van der Waals surface area contributed by atoms with Crippen LogP contribution in [0, 0.1) is 0 Å². The summed E-state index contributed by atoms with van der Waals surface area (Å²) in [6.07, 6.45) is -20.6. The number of ether oxygens (including phenoxy) is 5. The lowest BCUT2D eigenvalue weighted by molar-refractivity contribution is -0.378. The van der Waals surface area contributed by atoms with E-state index in [1.807, 2.05) is 0 Å². The number of aliphatic hydroxyl groups excluding tert-OH is 6. The number of benzene rings is 2. The fraction of sp³-hybridized carbons (Fsp3) is 0.500. The van der Waals surface area contributed by atoms with Gasteiger partial charge in [-0.1, -0.05) is 6.07 Å². The Labute approximate surface area is 236 Å². The Morgan fingerprint density at radius 2 is 1.40 bits per heavy atom. The number of hydrogen-bond acceptors (Lipinski definition) is 16. The third-order valence-corrected chi connectivity index (χ3v) is 7.33. The number of phenols is 4. The van der Waals surface area contributed by atoms with Gasteiger partial charge in [0.1, 0.15) is 59.4 Å². The second-order valence-electron chi connectivity index (χ2n) is 10.2. The normalized spacial score (nSPS) is 38.5. The van der Waals surface area contributed by atoms with Crippen LogP contribution in [0.25, 0.3) is 0 Å². The van der Waals surface area contributed by atoms with Crippen LogP contribution in [-0.4, -0.2) is 125 Å². The van der Waals surface area contributed by atoms with Crippen LogP contribution in [0.15, 0.2) is 30.3 Å². The molecular formula is C26H30O16. The topological polar surface area (TPSA) is 266 Å². The maximum atomic E-state index is 13.6. The Kier molecular flexibility index (Phi) is 8.20. The first-order chi connectivity index (χ1) is 19.8. The predicted molar refractivity (Wildman–Crippen MR) is 132 cm³/mol. The van der Waals surface area contributed by atoms with Crippen molar-refractivity contribution in [1.82, 2.24) is 0 Å². The average molecular weight is 599 g/mol. The molecule has 2 aromatic rings. The summed E-state index contributed by atoms with van der Waals surface area (Å²) in [5, 5.41) is 102. The predicted octanol–water partition coefficient (Wildman–Crippen LogP) is -2.18. The minimum atomic E-state index is -1.97. The van der Waals surface area contributed by atoms with E-state index in [1.54, 1.807) is 0 Å². The van der Waals surface area contributed by atoms with E-state index in [0.29, 0.717) is 0 Å². The molecule has 2 fully saturated rings. The zero-order valence-electron chi connectivity index (χ0n) is 21.7. The van der Waals surface area contributed by atoms with Crippen molar-refractivity contribution in [3.8, 4) is 28.7 Å². The molecule has 0 amide bonds. The molecule has 3 aliphatic heterocycles. The van der Waals surface area contributed by atoms with E-state index in [4.69, 9.17) is 23.7 Å². The van der Waals surface area contributed by atoms with Crippen molar-refractivity contribution in [3.05, 3.63) is 41.5 Å². The zero-order chi connectivity index (χ0) is 30.6. The number of Topliss-reactive ketones (excluding diaryl/α,β-unsaturated/α-hetero) is 1. The Morgan fingerprint density at radius 3 is 2.10 bits per heavy atom. The molecular weight excluding hydrogens is 568 g/mol. The van der Waals surface area contributed by atoms with Crippen LogP contribution < -0.4 is 4.74 Å². The molecule has 230 valence electrons. The first kappa shape index (κ1) is 30.2. The summed E-state index contributed by atoms with van der Waals surface area (Å²) in [6, 6.07) is 5.47. The number of hydrogen-bond donors (Lipinski definition) is 10. The summed E-state index contributed by atoms with van der Waals surface area (Å²) < 4.78 is 27.8. The van der Waals surface area contributed by atoms with Crippen molar-refractivity contribution >= 4 is 5.78 Å². The fourth-order valence-electron chi connectivity index (χ4n) is 5.01. The monoisotopic (exact) mass is 598 g/mol. The number of aliphatic hydroxyl groups is 6. The van der Waals surface area contributed by atoms with E-state index in [9.17, 15) is 55.9 Å². The number of carbonyl (C=O) groups excluding carboxylic acids is 1. The van der Waals surface area contributed by atoms with Gasteiger partial charge in [0, 0.05) is 12.1 Å². The minimum absolute atomic E-state index is 0.101. The summed E-state index contributed by atoms with van der Waals surface area (Å²) in [7, 11) is 0. The Balaban J connectivity index is 1.45. The SMILES string of the molecule is CC1OC(OC2C(=O)c3c(O)cc(O)cc3OC2c2ccc(O)c(O)c2)C(O)C(OC2OC(O)C(O)C(O)C2O)C1O. The van der Waals surface area contributed by atoms with Gasteiger partial charge in [0.2, 0.25) is 5.78 Å². The van der Waals surface area contributed by atoms with E-state index in [2.05, 4.69) is 0 Å². The van der Waals surface area contributed by atoms with Crippen LogP contribution in [0.2, 0.25) is 0 Å². The smallest absolute Gasteiger partial charge is 0.203 e. The van der Waals surface area contributed by atoms with Gasteiger partial charge in [-0.15, -0.1) is 0 Å². The fourth-order valence-corrected chi connectivity index (χ4v) is 5.01. The van der Waals surface area contributed by atoms with Crippen molar-refractivity contribution in [2.45, 2.75) is 80.7 Å². The first-order valence-corrected chi connectivity index (χ1v) is 12.8. The van der Waals surface area contributed by atoms with Crippen LogP contribution in [0.5, 0.6) is 28.7 Å². The quantitative estimate of drug-likeness (QED) is 0.164. The van der Waals surface area contributed by atoms with Crippen LogP contribution in [0.4, 0.5) is 0 Å². The number of aromatic hydroxyl groups is 4. The van der Waals surface area contributed by atoms with Gasteiger partial charge in [-0.25, -0.2) is 0 Å². The largest absolute Gasteiger partial charge is 0.508 e. The lowest BCUT2D eigenvalue weighted by atomic mass is 9.92. The molecule has 0 aromatic heterocycles. The number of phenolic OH excluding ortho intramolecular Hbond substituents is 4. The van der Waals surface area contributed by atoms with E-state index >= 15 is 0 Å². The molecule has 0 bridgehead atoms. The molecule has 16 nitrogen and oxygen atoms in total. The highest BCUT2D eigenvalue weighted by molar-refractivity contribution is 6.05. The maximum Gasteiger partial charge on any atom is 0.203 e. The molecule has 0 spiro atoms. The van der Waals surface area contributed by atoms with E-state index in [-0.39, 0.29) is 16.9 Å². The second kappa shape index (κ2) is 11.4. The molecule has 2 aromatic carbocycles. The van der Waals surface area contributed by atoms with Gasteiger partial charge >= 0.3 is 0 Å². The molecule has 12 atom stereocenters. The molecule has 5 rings (SSSR count). The zero-order valence-corrected chi connectivity index (χ0v) is 21.7. The van der Waals surface area contributed by atoms with Crippen LogP contribution >= 0.6 is 0 Å². The summed E-state index contributed by atoms with van der Waals surface area (Å²) in [4.78, 5) is 13.6. The molecule has 0 radical (unpaired) electrons. The Bertz CT molecular complexity index is 1320. The molecule has 3 heterocycles. The standard InChI is InChI=1S/C26H30O16/c1-7-15(31)22(40-25-19(35)17(33)18(34)24(37)42-25)20(36)26(38-7)41-23-16(32)14-12(30)5-9(27)6-13(14)39-21(23)8-2-3-10(28)11(29)4-8/h2-7,15,17-31,33-37H,1H3. The van der Waals surface area contributed by atoms with Crippen LogP contribution in [-0.2, 0) is 18.9 Å². The van der Waals surface area contributed by atoms with Crippen molar-refractivity contribution in [2.24, 2.45) is 0 Å². The molecule has 42 heavy (non-hydrogen) atoms. The average Bonchev–Trinajstić information content (AvgIpc) is 2.93. The molecule has 0 saturated carbocycles. The highest BCUT2D eigenvalue weighted by Gasteiger charge is 2.52. The molecule has 2 saturated heterocycles. The van der Waals surface area contributed by atoms with Gasteiger partial charge in [0.25, 0.3) is 0 Å². The van der Waals surface area contributed by atoms with Crippen molar-refractivity contribution in [3.63, 3.8) is 0 Å². The molecule has 0 aliphatic carbocycles. The van der Waals surface area contributed by atoms with Gasteiger partial charge < -0.3 is 74.7 Å². The summed E-state index contributed by atoms with van der Waals surface area (Å²) in [6.45, 7) is 1.37. The minimum Gasteiger partial charge on any atom is -0.508 e. The summed E-state index contributed by atoms with van der Waals surface area (Å²) >= 11 is 0. The Morgan fingerprint density at radius 1 is 0.714 bits per heavy atom. The van der Waals surface area contributed by atoms with Gasteiger partial charge in [-0.2, -0.15) is 0 Å². The van der Waals surface area contributed by atoms with Crippen LogP contribution in [0.3, 0.4) is 0 Å². The van der Waals surface area contributed by atoms with Gasteiger partial charge in [-0.05, 0) is 24.6 Å². The molecule has 3 aliphatic rings. The molecule has 16 heteroatoms. The van der Waals surface area contributed by atoms with E-state index in [1.165, 1.54) is 13.0 Å². The molecule has 10 N–H and O–H groups in total. The van der Waals surface area contributed by atoms with E-state index < -0.39 is 103 Å². The summed E-state index contributed by atoms with van der Waals surface area (Å²) in [5.41, 5.74) is -0.271. The van der Waals surface area contributed by atoms with Crippen molar-refractivity contribution in [1.29, 1.82) is 0 Å². The number of carbonyl (C=O) groups is 1. The molecule has 12 unspecified atom stereocenters. The Hall–Kier alpha value is -3.29. The third-order valence-electron chi connectivity index (χ3n) is 7.33. The van der Waals surface area contributed by atoms with Gasteiger partial charge in [-0.3, -0.25) is 4.79 Å². The van der Waals surface area contributed by atoms with Gasteiger partial charge in [0.05, 0.1) is 6.10 Å².